The van der Waals surface area contributed by atoms with E-state index in [1.165, 1.54) is 11.3 Å². The van der Waals surface area contributed by atoms with Gasteiger partial charge in [0.05, 0.1) is 17.5 Å². The number of ether oxygens (including phenoxy) is 1. The number of nitrogens with zero attached hydrogens (tertiary/aromatic N) is 4. The van der Waals surface area contributed by atoms with Gasteiger partial charge in [0, 0.05) is 31.5 Å². The lowest BCUT2D eigenvalue weighted by molar-refractivity contribution is -0.121. The first kappa shape index (κ1) is 21.9. The summed E-state index contributed by atoms with van der Waals surface area (Å²) >= 11 is 1.42. The first-order chi connectivity index (χ1) is 15.4. The Morgan fingerprint density at radius 1 is 1.09 bits per heavy atom. The average molecular weight is 453 g/mol. The van der Waals surface area contributed by atoms with Crippen molar-refractivity contribution >= 4 is 50.1 Å². The molecule has 0 aliphatic carbocycles. The van der Waals surface area contributed by atoms with Gasteiger partial charge in [-0.3, -0.25) is 24.2 Å². The van der Waals surface area contributed by atoms with Crippen LogP contribution in [0.25, 0.3) is 10.2 Å². The highest BCUT2D eigenvalue weighted by molar-refractivity contribution is 7.22. The van der Waals surface area contributed by atoms with Gasteiger partial charge < -0.3 is 9.64 Å². The van der Waals surface area contributed by atoms with E-state index < -0.39 is 0 Å². The molecule has 2 heterocycles. The molecule has 1 aliphatic heterocycles. The fourth-order valence-corrected chi connectivity index (χ4v) is 4.58. The lowest BCUT2D eigenvalue weighted by atomic mass is 10.1. The second kappa shape index (κ2) is 9.05. The van der Waals surface area contributed by atoms with E-state index in [2.05, 4.69) is 0 Å². The minimum atomic E-state index is -0.248. The van der Waals surface area contributed by atoms with Gasteiger partial charge in [-0.15, -0.1) is 0 Å². The van der Waals surface area contributed by atoms with Crippen LogP contribution in [0, 0.1) is 0 Å². The Morgan fingerprint density at radius 2 is 1.81 bits per heavy atom. The second-order valence-electron chi connectivity index (χ2n) is 7.74. The van der Waals surface area contributed by atoms with Crippen LogP contribution in [0.5, 0.6) is 5.75 Å². The topological polar surface area (TPSA) is 83.0 Å². The molecular weight excluding hydrogens is 428 g/mol. The molecule has 0 N–H and O–H groups in total. The van der Waals surface area contributed by atoms with Crippen molar-refractivity contribution in [2.45, 2.75) is 12.8 Å². The molecule has 32 heavy (non-hydrogen) atoms. The van der Waals surface area contributed by atoms with Gasteiger partial charge in [0.1, 0.15) is 11.3 Å². The Hall–Kier alpha value is -3.30. The summed E-state index contributed by atoms with van der Waals surface area (Å²) in [6, 6.07) is 12.3. The van der Waals surface area contributed by atoms with E-state index in [0.29, 0.717) is 40.7 Å². The third-order valence-corrected chi connectivity index (χ3v) is 6.28. The molecule has 8 nitrogen and oxygen atoms in total. The largest absolute Gasteiger partial charge is 0.494 e. The average Bonchev–Trinajstić information content (AvgIpc) is 3.36. The Labute approximate surface area is 190 Å². The van der Waals surface area contributed by atoms with Crippen molar-refractivity contribution in [1.29, 1.82) is 0 Å². The lowest BCUT2D eigenvalue weighted by Crippen LogP contribution is -2.37. The van der Waals surface area contributed by atoms with E-state index in [1.54, 1.807) is 36.3 Å². The zero-order valence-corrected chi connectivity index (χ0v) is 19.0. The zero-order chi connectivity index (χ0) is 22.8. The van der Waals surface area contributed by atoms with Crippen molar-refractivity contribution < 1.29 is 19.1 Å². The predicted molar refractivity (Wildman–Crippen MR) is 125 cm³/mol. The summed E-state index contributed by atoms with van der Waals surface area (Å²) in [5.74, 6) is -0.0893. The number of anilines is 2. The van der Waals surface area contributed by atoms with E-state index >= 15 is 0 Å². The van der Waals surface area contributed by atoms with Crippen LogP contribution in [0.2, 0.25) is 0 Å². The smallest absolute Gasteiger partial charge is 0.260 e. The minimum absolute atomic E-state index is 0.194. The first-order valence-corrected chi connectivity index (χ1v) is 11.1. The van der Waals surface area contributed by atoms with Crippen LogP contribution in [0.1, 0.15) is 23.2 Å². The number of methoxy groups -OCH3 is 1. The van der Waals surface area contributed by atoms with Gasteiger partial charge in [-0.05, 0) is 44.4 Å². The molecule has 1 fully saturated rings. The molecule has 1 aromatic heterocycles. The number of amides is 3. The number of hydrogen-bond acceptors (Lipinski definition) is 7. The zero-order valence-electron chi connectivity index (χ0n) is 18.2. The van der Waals surface area contributed by atoms with Gasteiger partial charge in [-0.2, -0.15) is 0 Å². The summed E-state index contributed by atoms with van der Waals surface area (Å²) in [6.07, 6.45) is 0.388. The number of carbonyl (C=O) groups is 3. The molecular formula is C23H24N4O4S. The fraction of sp³-hybridized carbons (Fsp3) is 0.304. The lowest BCUT2D eigenvalue weighted by Gasteiger charge is -2.22. The van der Waals surface area contributed by atoms with Crippen molar-refractivity contribution in [3.8, 4) is 5.75 Å². The van der Waals surface area contributed by atoms with Crippen molar-refractivity contribution in [2.24, 2.45) is 0 Å². The molecule has 166 valence electrons. The quantitative estimate of drug-likeness (QED) is 0.512. The van der Waals surface area contributed by atoms with Crippen molar-refractivity contribution in [3.63, 3.8) is 0 Å². The molecule has 2 aromatic carbocycles. The summed E-state index contributed by atoms with van der Waals surface area (Å²) in [5, 5.41) is 0.565. The molecule has 0 bridgehead atoms. The maximum absolute atomic E-state index is 13.6. The van der Waals surface area contributed by atoms with Gasteiger partial charge in [-0.1, -0.05) is 23.5 Å². The van der Waals surface area contributed by atoms with Crippen LogP contribution in [0.3, 0.4) is 0 Å². The van der Waals surface area contributed by atoms with Gasteiger partial charge in [0.15, 0.2) is 5.13 Å². The molecule has 1 aliphatic rings. The van der Waals surface area contributed by atoms with Crippen molar-refractivity contribution in [3.05, 3.63) is 48.0 Å². The third kappa shape index (κ3) is 4.21. The molecule has 1 saturated heterocycles. The van der Waals surface area contributed by atoms with Crippen LogP contribution < -0.4 is 14.5 Å². The van der Waals surface area contributed by atoms with Gasteiger partial charge in [0.2, 0.25) is 11.8 Å². The Balaban J connectivity index is 1.71. The molecule has 0 spiro atoms. The second-order valence-corrected chi connectivity index (χ2v) is 8.75. The predicted octanol–water partition coefficient (Wildman–Crippen LogP) is 3.17. The Bertz CT molecular complexity index is 1170. The molecule has 4 rings (SSSR count). The molecule has 0 saturated carbocycles. The van der Waals surface area contributed by atoms with E-state index in [0.717, 1.165) is 9.60 Å². The van der Waals surface area contributed by atoms with Crippen LogP contribution >= 0.6 is 11.3 Å². The standard InChI is InChI=1S/C23H24N4O4S/c1-25(2)12-13-26(23-24-21-17(31-3)8-5-9-18(21)32-23)22(30)15-6-4-7-16(14-15)27-19(28)10-11-20(27)29/h4-9,14H,10-13H2,1-3H3. The monoisotopic (exact) mass is 452 g/mol. The van der Waals surface area contributed by atoms with Crippen molar-refractivity contribution in [1.82, 2.24) is 9.88 Å². The summed E-state index contributed by atoms with van der Waals surface area (Å²) in [5.41, 5.74) is 1.52. The number of aromatic nitrogens is 1. The Morgan fingerprint density at radius 3 is 2.50 bits per heavy atom. The number of imide groups is 1. The van der Waals surface area contributed by atoms with Crippen molar-refractivity contribution in [2.75, 3.05) is 44.1 Å². The van der Waals surface area contributed by atoms with Crippen LogP contribution in [0.4, 0.5) is 10.8 Å². The number of hydrogen-bond donors (Lipinski definition) is 0. The molecule has 3 amide bonds. The third-order valence-electron chi connectivity index (χ3n) is 5.24. The number of rotatable bonds is 7. The fourth-order valence-electron chi connectivity index (χ4n) is 3.57. The van der Waals surface area contributed by atoms with Crippen LogP contribution in [0.15, 0.2) is 42.5 Å². The molecule has 0 unspecified atom stereocenters. The van der Waals surface area contributed by atoms with Crippen LogP contribution in [-0.4, -0.2) is 61.9 Å². The molecule has 0 radical (unpaired) electrons. The van der Waals surface area contributed by atoms with E-state index in [4.69, 9.17) is 9.72 Å². The molecule has 3 aromatic rings. The Kier molecular flexibility index (Phi) is 6.20. The van der Waals surface area contributed by atoms with Crippen LogP contribution in [-0.2, 0) is 9.59 Å². The maximum atomic E-state index is 13.6. The SMILES string of the molecule is COc1cccc2sc(N(CCN(C)C)C(=O)c3cccc(N4C(=O)CCC4=O)c3)nc12. The summed E-state index contributed by atoms with van der Waals surface area (Å²) in [6.45, 7) is 1.07. The van der Waals surface area contributed by atoms with Gasteiger partial charge >= 0.3 is 0 Å². The highest BCUT2D eigenvalue weighted by Gasteiger charge is 2.31. The summed E-state index contributed by atoms with van der Waals surface area (Å²) in [7, 11) is 5.47. The number of likely N-dealkylation sites (N-methyl/N-ethyl adjacent to an activating group) is 1. The van der Waals surface area contributed by atoms with E-state index in [9.17, 15) is 14.4 Å². The number of thiazole rings is 1. The molecule has 9 heteroatoms. The number of carbonyl (C=O) groups excluding carboxylic acids is 3. The number of fused-ring (bicyclic) bond motifs is 1. The van der Waals surface area contributed by atoms with E-state index in [1.807, 2.05) is 37.2 Å². The van der Waals surface area contributed by atoms with E-state index in [-0.39, 0.29) is 30.6 Å². The number of para-hydroxylation sites is 1. The molecule has 0 atom stereocenters. The maximum Gasteiger partial charge on any atom is 0.260 e. The first-order valence-electron chi connectivity index (χ1n) is 10.2. The van der Waals surface area contributed by atoms with Gasteiger partial charge in [0.25, 0.3) is 5.91 Å². The van der Waals surface area contributed by atoms with Gasteiger partial charge in [-0.25, -0.2) is 4.98 Å². The number of benzene rings is 2. The highest BCUT2D eigenvalue weighted by Crippen LogP contribution is 2.35. The summed E-state index contributed by atoms with van der Waals surface area (Å²) < 4.78 is 6.34. The summed E-state index contributed by atoms with van der Waals surface area (Å²) in [4.78, 5) is 47.3. The normalized spacial score (nSPS) is 13.9. The highest BCUT2D eigenvalue weighted by atomic mass is 32.1. The minimum Gasteiger partial charge on any atom is -0.494 e.